The summed E-state index contributed by atoms with van der Waals surface area (Å²) in [6.07, 6.45) is 4.74. The van der Waals surface area contributed by atoms with Crippen LogP contribution in [0.1, 0.15) is 35.5 Å². The van der Waals surface area contributed by atoms with Crippen LogP contribution < -0.4 is 5.32 Å². The Morgan fingerprint density at radius 2 is 1.79 bits per heavy atom. The van der Waals surface area contributed by atoms with Gasteiger partial charge in [0.15, 0.2) is 0 Å². The van der Waals surface area contributed by atoms with E-state index in [0.717, 1.165) is 73.8 Å². The molecule has 0 radical (unpaired) electrons. The Morgan fingerprint density at radius 1 is 1.00 bits per heavy atom. The predicted molar refractivity (Wildman–Crippen MR) is 132 cm³/mol. The van der Waals surface area contributed by atoms with E-state index in [1.807, 2.05) is 23.9 Å². The molecule has 170 valence electrons. The van der Waals surface area contributed by atoms with Crippen LogP contribution in [-0.4, -0.2) is 39.5 Å². The molecule has 3 heterocycles. The van der Waals surface area contributed by atoms with Gasteiger partial charge in [0.25, 0.3) is 0 Å². The molecule has 2 aromatic carbocycles. The fourth-order valence-electron chi connectivity index (χ4n) is 4.77. The molecule has 1 saturated heterocycles. The molecule has 5 rings (SSSR count). The molecule has 1 N–H and O–H groups in total. The summed E-state index contributed by atoms with van der Waals surface area (Å²) < 4.78 is 7.75. The maximum atomic E-state index is 5.70. The summed E-state index contributed by atoms with van der Waals surface area (Å²) in [5, 5.41) is 9.35. The molecular weight excluding hydrogens is 410 g/mol. The molecule has 0 atom stereocenters. The summed E-state index contributed by atoms with van der Waals surface area (Å²) >= 11 is 0. The summed E-state index contributed by atoms with van der Waals surface area (Å²) in [6, 6.07) is 19.3. The molecule has 0 saturated carbocycles. The summed E-state index contributed by atoms with van der Waals surface area (Å²) in [4.78, 5) is 9.36. The molecule has 1 aliphatic rings. The number of ether oxygens (including phenoxy) is 1. The monoisotopic (exact) mass is 441 g/mol. The molecule has 0 amide bonds. The van der Waals surface area contributed by atoms with E-state index in [9.17, 15) is 0 Å². The van der Waals surface area contributed by atoms with Crippen molar-refractivity contribution in [2.75, 3.05) is 25.1 Å². The van der Waals surface area contributed by atoms with E-state index in [1.54, 1.807) is 0 Å². The molecule has 0 aliphatic carbocycles. The molecule has 0 spiro atoms. The smallest absolute Gasteiger partial charge is 0.129 e. The van der Waals surface area contributed by atoms with E-state index in [1.165, 1.54) is 11.1 Å². The van der Waals surface area contributed by atoms with Crippen molar-refractivity contribution < 1.29 is 4.74 Å². The maximum Gasteiger partial charge on any atom is 0.129 e. The Bertz CT molecular complexity index is 1220. The van der Waals surface area contributed by atoms with Crippen LogP contribution in [0.3, 0.4) is 0 Å². The predicted octanol–water partition coefficient (Wildman–Crippen LogP) is 4.85. The summed E-state index contributed by atoms with van der Waals surface area (Å²) in [5.41, 5.74) is 4.90. The van der Waals surface area contributed by atoms with Gasteiger partial charge in [0.05, 0.1) is 11.7 Å². The third kappa shape index (κ3) is 4.76. The fraction of sp³-hybridized carbons (Fsp3) is 0.370. The number of para-hydroxylation sites is 1. The van der Waals surface area contributed by atoms with Crippen LogP contribution in [-0.2, 0) is 23.1 Å². The van der Waals surface area contributed by atoms with Crippen LogP contribution in [0.25, 0.3) is 10.9 Å². The van der Waals surface area contributed by atoms with Crippen molar-refractivity contribution in [2.45, 2.75) is 45.1 Å². The average Bonchev–Trinajstić information content (AvgIpc) is 3.25. The van der Waals surface area contributed by atoms with Crippen molar-refractivity contribution in [3.05, 3.63) is 83.4 Å². The van der Waals surface area contributed by atoms with Gasteiger partial charge in [0, 0.05) is 55.3 Å². The first kappa shape index (κ1) is 21.6. The van der Waals surface area contributed by atoms with Crippen molar-refractivity contribution in [3.8, 4) is 0 Å². The highest BCUT2D eigenvalue weighted by Crippen LogP contribution is 2.35. The van der Waals surface area contributed by atoms with Gasteiger partial charge in [-0.2, -0.15) is 5.10 Å². The standard InChI is InChI=1S/C27H31N5O/c1-20-7-9-23(10-8-20)27(12-15-33-16-13-27)19-28-26-17-24(30-21(2)31-26)11-14-32-25-6-4-3-5-22(25)18-29-32/h3-10,17-18H,11-16,19H2,1-2H3,(H,28,30,31). The van der Waals surface area contributed by atoms with Crippen LogP contribution in [0, 0.1) is 13.8 Å². The first-order chi connectivity index (χ1) is 16.1. The number of aryl methyl sites for hydroxylation is 4. The van der Waals surface area contributed by atoms with Gasteiger partial charge in [-0.1, -0.05) is 48.0 Å². The highest BCUT2D eigenvalue weighted by molar-refractivity contribution is 5.78. The quantitative estimate of drug-likeness (QED) is 0.444. The van der Waals surface area contributed by atoms with E-state index in [-0.39, 0.29) is 5.41 Å². The van der Waals surface area contributed by atoms with Gasteiger partial charge in [0.1, 0.15) is 11.6 Å². The third-order valence-corrected chi connectivity index (χ3v) is 6.74. The highest BCUT2D eigenvalue weighted by atomic mass is 16.5. The van der Waals surface area contributed by atoms with E-state index < -0.39 is 0 Å². The Morgan fingerprint density at radius 3 is 2.61 bits per heavy atom. The minimum Gasteiger partial charge on any atom is -0.381 e. The van der Waals surface area contributed by atoms with E-state index in [2.05, 4.69) is 75.8 Å². The van der Waals surface area contributed by atoms with Crippen molar-refractivity contribution >= 4 is 16.7 Å². The van der Waals surface area contributed by atoms with Crippen molar-refractivity contribution in [1.29, 1.82) is 0 Å². The first-order valence-electron chi connectivity index (χ1n) is 11.8. The summed E-state index contributed by atoms with van der Waals surface area (Å²) in [6.45, 7) is 7.30. The minimum atomic E-state index is 0.0545. The molecule has 4 aromatic rings. The zero-order valence-corrected chi connectivity index (χ0v) is 19.4. The van der Waals surface area contributed by atoms with E-state index >= 15 is 0 Å². The highest BCUT2D eigenvalue weighted by Gasteiger charge is 2.34. The second kappa shape index (κ2) is 9.32. The molecule has 1 fully saturated rings. The third-order valence-electron chi connectivity index (χ3n) is 6.74. The van der Waals surface area contributed by atoms with Gasteiger partial charge in [-0.05, 0) is 38.3 Å². The zero-order valence-electron chi connectivity index (χ0n) is 19.4. The Labute approximate surface area is 195 Å². The van der Waals surface area contributed by atoms with Crippen LogP contribution in [0.15, 0.2) is 60.8 Å². The number of rotatable bonds is 7. The number of hydrogen-bond acceptors (Lipinski definition) is 5. The number of aromatic nitrogens is 4. The lowest BCUT2D eigenvalue weighted by molar-refractivity contribution is 0.0543. The SMILES string of the molecule is Cc1ccc(C2(CNc3cc(CCn4ncc5ccccc54)nc(C)n3)CCOCC2)cc1. The lowest BCUT2D eigenvalue weighted by Crippen LogP contribution is -2.40. The lowest BCUT2D eigenvalue weighted by atomic mass is 9.74. The van der Waals surface area contributed by atoms with Gasteiger partial charge < -0.3 is 10.1 Å². The number of nitrogens with one attached hydrogen (secondary N) is 1. The van der Waals surface area contributed by atoms with Crippen LogP contribution in [0.2, 0.25) is 0 Å². The van der Waals surface area contributed by atoms with Crippen LogP contribution >= 0.6 is 0 Å². The topological polar surface area (TPSA) is 64.9 Å². The van der Waals surface area contributed by atoms with E-state index in [0.29, 0.717) is 0 Å². The molecular formula is C27H31N5O. The molecule has 0 bridgehead atoms. The molecule has 1 aliphatic heterocycles. The van der Waals surface area contributed by atoms with Gasteiger partial charge in [-0.15, -0.1) is 0 Å². The maximum absolute atomic E-state index is 5.70. The minimum absolute atomic E-state index is 0.0545. The summed E-state index contributed by atoms with van der Waals surface area (Å²) in [5.74, 6) is 1.68. The molecule has 33 heavy (non-hydrogen) atoms. The normalized spacial score (nSPS) is 15.6. The first-order valence-corrected chi connectivity index (χ1v) is 11.8. The second-order valence-corrected chi connectivity index (χ2v) is 9.08. The van der Waals surface area contributed by atoms with Gasteiger partial charge in [-0.25, -0.2) is 9.97 Å². The Kier molecular flexibility index (Phi) is 6.09. The van der Waals surface area contributed by atoms with Gasteiger partial charge in [-0.3, -0.25) is 4.68 Å². The van der Waals surface area contributed by atoms with Crippen molar-refractivity contribution in [1.82, 2.24) is 19.7 Å². The molecule has 2 aromatic heterocycles. The summed E-state index contributed by atoms with van der Waals surface area (Å²) in [7, 11) is 0. The van der Waals surface area contributed by atoms with Crippen molar-refractivity contribution in [2.24, 2.45) is 0 Å². The number of fused-ring (bicyclic) bond motifs is 1. The number of anilines is 1. The van der Waals surface area contributed by atoms with Crippen molar-refractivity contribution in [3.63, 3.8) is 0 Å². The number of hydrogen-bond donors (Lipinski definition) is 1. The largest absolute Gasteiger partial charge is 0.381 e. The zero-order chi connectivity index (χ0) is 22.7. The molecule has 6 heteroatoms. The lowest BCUT2D eigenvalue weighted by Gasteiger charge is -2.38. The van der Waals surface area contributed by atoms with Crippen LogP contribution in [0.5, 0.6) is 0 Å². The Balaban J connectivity index is 1.31. The van der Waals surface area contributed by atoms with Crippen LogP contribution in [0.4, 0.5) is 5.82 Å². The number of benzene rings is 2. The molecule has 6 nitrogen and oxygen atoms in total. The van der Waals surface area contributed by atoms with Gasteiger partial charge >= 0.3 is 0 Å². The van der Waals surface area contributed by atoms with Gasteiger partial charge in [0.2, 0.25) is 0 Å². The molecule has 0 unspecified atom stereocenters. The second-order valence-electron chi connectivity index (χ2n) is 9.08. The fourth-order valence-corrected chi connectivity index (χ4v) is 4.77. The van der Waals surface area contributed by atoms with E-state index in [4.69, 9.17) is 4.74 Å². The average molecular weight is 442 g/mol. The number of nitrogens with zero attached hydrogens (tertiary/aromatic N) is 4. The Hall–Kier alpha value is -3.25.